The molecule has 0 bridgehead atoms. The summed E-state index contributed by atoms with van der Waals surface area (Å²) >= 11 is 0. The van der Waals surface area contributed by atoms with Gasteiger partial charge in [0.2, 0.25) is 11.8 Å². The van der Waals surface area contributed by atoms with Crippen molar-refractivity contribution in [1.82, 2.24) is 14.9 Å². The molecular formula is C19H27N5O3. The molecule has 3 fully saturated rings. The number of hydrogen-bond donors (Lipinski definition) is 1. The normalized spacial score (nSPS) is 22.6. The molecule has 0 aromatic carbocycles. The Labute approximate surface area is 159 Å². The number of aryl methyl sites for hydroxylation is 1. The number of primary amides is 1. The van der Waals surface area contributed by atoms with Crippen LogP contribution in [0, 0.1) is 12.3 Å². The maximum Gasteiger partial charge on any atom is 0.238 e. The second-order valence-corrected chi connectivity index (χ2v) is 7.81. The van der Waals surface area contributed by atoms with Gasteiger partial charge in [-0.25, -0.2) is 9.97 Å². The van der Waals surface area contributed by atoms with E-state index in [4.69, 9.17) is 10.5 Å². The van der Waals surface area contributed by atoms with Gasteiger partial charge in [-0.2, -0.15) is 0 Å². The number of amides is 2. The van der Waals surface area contributed by atoms with Crippen LogP contribution in [0.1, 0.15) is 43.1 Å². The zero-order valence-corrected chi connectivity index (χ0v) is 15.8. The Morgan fingerprint density at radius 3 is 2.41 bits per heavy atom. The summed E-state index contributed by atoms with van der Waals surface area (Å²) < 4.78 is 5.43. The summed E-state index contributed by atoms with van der Waals surface area (Å²) in [6.07, 6.45) is 2.88. The van der Waals surface area contributed by atoms with Crippen molar-refractivity contribution in [3.05, 3.63) is 17.6 Å². The molecule has 1 aromatic rings. The summed E-state index contributed by atoms with van der Waals surface area (Å²) in [6.45, 7) is 6.36. The van der Waals surface area contributed by atoms with E-state index in [1.54, 1.807) is 0 Å². The molecule has 2 N–H and O–H groups in total. The van der Waals surface area contributed by atoms with Crippen molar-refractivity contribution in [2.24, 2.45) is 11.1 Å². The first kappa shape index (κ1) is 18.2. The quantitative estimate of drug-likeness (QED) is 0.775. The molecule has 3 aliphatic rings. The fourth-order valence-electron chi connectivity index (χ4n) is 4.11. The van der Waals surface area contributed by atoms with E-state index in [-0.39, 0.29) is 5.91 Å². The number of hydrogen-bond acceptors (Lipinski definition) is 6. The molecule has 0 radical (unpaired) electrons. The highest BCUT2D eigenvalue weighted by Crippen LogP contribution is 2.47. The molecule has 2 aliphatic heterocycles. The number of likely N-dealkylation sites (tertiary alicyclic amines) is 1. The Bertz CT molecular complexity index is 735. The Balaban J connectivity index is 1.43. The van der Waals surface area contributed by atoms with Gasteiger partial charge >= 0.3 is 0 Å². The monoisotopic (exact) mass is 373 g/mol. The van der Waals surface area contributed by atoms with Crippen molar-refractivity contribution < 1.29 is 14.3 Å². The van der Waals surface area contributed by atoms with E-state index < -0.39 is 11.3 Å². The molecule has 2 saturated heterocycles. The van der Waals surface area contributed by atoms with Gasteiger partial charge in [0.05, 0.1) is 13.2 Å². The lowest BCUT2D eigenvalue weighted by atomic mass is 9.91. The Kier molecular flexibility index (Phi) is 4.75. The summed E-state index contributed by atoms with van der Waals surface area (Å²) in [5.41, 5.74) is 5.58. The van der Waals surface area contributed by atoms with E-state index in [0.717, 1.165) is 56.5 Å². The summed E-state index contributed by atoms with van der Waals surface area (Å²) in [5, 5.41) is 0. The highest BCUT2D eigenvalue weighted by Gasteiger charge is 2.57. The Hall–Kier alpha value is -2.22. The zero-order valence-electron chi connectivity index (χ0n) is 15.8. The highest BCUT2D eigenvalue weighted by molar-refractivity contribution is 6.07. The summed E-state index contributed by atoms with van der Waals surface area (Å²) in [6, 6.07) is 2.09. The second-order valence-electron chi connectivity index (χ2n) is 7.81. The molecule has 3 heterocycles. The summed E-state index contributed by atoms with van der Waals surface area (Å²) in [5.74, 6) is 1.49. The predicted octanol–water partition coefficient (Wildman–Crippen LogP) is 0.593. The van der Waals surface area contributed by atoms with Crippen LogP contribution in [0.2, 0.25) is 0 Å². The number of ether oxygens (including phenoxy) is 1. The van der Waals surface area contributed by atoms with E-state index in [1.807, 2.05) is 11.8 Å². The van der Waals surface area contributed by atoms with Gasteiger partial charge in [-0.3, -0.25) is 9.59 Å². The first-order valence-corrected chi connectivity index (χ1v) is 9.77. The molecular weight excluding hydrogens is 346 g/mol. The van der Waals surface area contributed by atoms with Gasteiger partial charge in [0.25, 0.3) is 0 Å². The highest BCUT2D eigenvalue weighted by atomic mass is 16.5. The van der Waals surface area contributed by atoms with Crippen LogP contribution in [0.3, 0.4) is 0 Å². The molecule has 2 amide bonds. The average Bonchev–Trinajstić information content (AvgIpc) is 3.50. The number of rotatable bonds is 4. The van der Waals surface area contributed by atoms with Crippen molar-refractivity contribution in [2.75, 3.05) is 44.3 Å². The Morgan fingerprint density at radius 2 is 1.81 bits per heavy atom. The second kappa shape index (κ2) is 7.07. The molecule has 146 valence electrons. The molecule has 0 unspecified atom stereocenters. The first-order chi connectivity index (χ1) is 13.0. The molecule has 4 rings (SSSR count). The number of nitrogens with zero attached hydrogens (tertiary/aromatic N) is 4. The number of morpholine rings is 1. The molecule has 1 aliphatic carbocycles. The zero-order chi connectivity index (χ0) is 19.0. The van der Waals surface area contributed by atoms with Crippen LogP contribution in [0.15, 0.2) is 6.07 Å². The van der Waals surface area contributed by atoms with Crippen LogP contribution >= 0.6 is 0 Å². The van der Waals surface area contributed by atoms with Crippen LogP contribution in [0.4, 0.5) is 5.82 Å². The van der Waals surface area contributed by atoms with E-state index in [2.05, 4.69) is 20.9 Å². The molecule has 8 nitrogen and oxygen atoms in total. The van der Waals surface area contributed by atoms with E-state index in [9.17, 15) is 9.59 Å². The standard InChI is InChI=1S/C19H27N5O3/c1-13-21-15(12-16(22-13)23-8-10-27-11-9-23)14-2-6-24(7-3-14)18(26)19(4-5-19)17(20)25/h12,14H,2-11H2,1H3,(H2,20,25). The minimum Gasteiger partial charge on any atom is -0.378 e. The molecule has 27 heavy (non-hydrogen) atoms. The fourth-order valence-corrected chi connectivity index (χ4v) is 4.11. The van der Waals surface area contributed by atoms with Crippen molar-refractivity contribution in [1.29, 1.82) is 0 Å². The summed E-state index contributed by atoms with van der Waals surface area (Å²) in [4.78, 5) is 37.6. The molecule has 1 aromatic heterocycles. The van der Waals surface area contributed by atoms with Crippen LogP contribution < -0.4 is 10.6 Å². The maximum absolute atomic E-state index is 12.7. The average molecular weight is 373 g/mol. The van der Waals surface area contributed by atoms with Crippen molar-refractivity contribution in [2.45, 2.75) is 38.5 Å². The van der Waals surface area contributed by atoms with Crippen molar-refractivity contribution in [3.8, 4) is 0 Å². The van der Waals surface area contributed by atoms with Crippen LogP contribution in [-0.2, 0) is 14.3 Å². The number of anilines is 1. The number of nitrogens with two attached hydrogens (primary N) is 1. The topological polar surface area (TPSA) is 102 Å². The lowest BCUT2D eigenvalue weighted by Gasteiger charge is -2.34. The van der Waals surface area contributed by atoms with Gasteiger partial charge in [0, 0.05) is 43.9 Å². The van der Waals surface area contributed by atoms with Gasteiger partial charge in [-0.05, 0) is 32.6 Å². The van der Waals surface area contributed by atoms with E-state index in [1.165, 1.54) is 0 Å². The first-order valence-electron chi connectivity index (χ1n) is 9.77. The lowest BCUT2D eigenvalue weighted by molar-refractivity contribution is -0.143. The Morgan fingerprint density at radius 1 is 1.15 bits per heavy atom. The third kappa shape index (κ3) is 3.50. The molecule has 0 atom stereocenters. The molecule has 0 spiro atoms. The third-order valence-corrected chi connectivity index (χ3v) is 6.01. The number of aromatic nitrogens is 2. The van der Waals surface area contributed by atoms with Gasteiger partial charge in [0.15, 0.2) is 0 Å². The minimum atomic E-state index is -0.915. The maximum atomic E-state index is 12.7. The smallest absolute Gasteiger partial charge is 0.238 e. The SMILES string of the molecule is Cc1nc(C2CCN(C(=O)C3(C(N)=O)CC3)CC2)cc(N2CCOCC2)n1. The van der Waals surface area contributed by atoms with Crippen LogP contribution in [0.25, 0.3) is 0 Å². The van der Waals surface area contributed by atoms with Gasteiger partial charge in [0.1, 0.15) is 17.1 Å². The van der Waals surface area contributed by atoms with Gasteiger partial charge in [-0.1, -0.05) is 0 Å². The summed E-state index contributed by atoms with van der Waals surface area (Å²) in [7, 11) is 0. The number of carbonyl (C=O) groups is 2. The number of piperidine rings is 1. The van der Waals surface area contributed by atoms with Gasteiger partial charge in [-0.15, -0.1) is 0 Å². The predicted molar refractivity (Wildman–Crippen MR) is 99.2 cm³/mol. The molecule has 1 saturated carbocycles. The molecule has 8 heteroatoms. The van der Waals surface area contributed by atoms with E-state index in [0.29, 0.717) is 31.8 Å². The lowest BCUT2D eigenvalue weighted by Crippen LogP contribution is -2.46. The largest absolute Gasteiger partial charge is 0.378 e. The third-order valence-electron chi connectivity index (χ3n) is 6.01. The number of carbonyl (C=O) groups excluding carboxylic acids is 2. The fraction of sp³-hybridized carbons (Fsp3) is 0.684. The van der Waals surface area contributed by atoms with Crippen molar-refractivity contribution in [3.63, 3.8) is 0 Å². The minimum absolute atomic E-state index is 0.0821. The van der Waals surface area contributed by atoms with Crippen molar-refractivity contribution >= 4 is 17.6 Å². The van der Waals surface area contributed by atoms with Crippen LogP contribution in [0.5, 0.6) is 0 Å². The van der Waals surface area contributed by atoms with E-state index >= 15 is 0 Å². The van der Waals surface area contributed by atoms with Gasteiger partial charge < -0.3 is 20.3 Å². The van der Waals surface area contributed by atoms with Crippen LogP contribution in [-0.4, -0.2) is 66.1 Å².